The number of hydrogen-bond donors (Lipinski definition) is 1. The Labute approximate surface area is 231 Å². The average Bonchev–Trinajstić information content (AvgIpc) is 3.34. The van der Waals surface area contributed by atoms with Gasteiger partial charge in [0, 0.05) is 68.6 Å². The third-order valence-corrected chi connectivity index (χ3v) is 8.90. The third kappa shape index (κ3) is 5.55. The number of halogens is 1. The predicted octanol–water partition coefficient (Wildman–Crippen LogP) is 6.74. The maximum Gasteiger partial charge on any atom is 0.255 e. The monoisotopic (exact) mass is 550 g/mol. The van der Waals surface area contributed by atoms with Gasteiger partial charge < -0.3 is 14.0 Å². The van der Waals surface area contributed by atoms with Crippen molar-refractivity contribution >= 4 is 46.5 Å². The zero-order chi connectivity index (χ0) is 26.6. The van der Waals surface area contributed by atoms with E-state index in [0.29, 0.717) is 28.4 Å². The fourth-order valence-corrected chi connectivity index (χ4v) is 6.38. The summed E-state index contributed by atoms with van der Waals surface area (Å²) in [6.45, 7) is 1.97. The molecule has 6 nitrogen and oxygen atoms in total. The van der Waals surface area contributed by atoms with Gasteiger partial charge >= 0.3 is 0 Å². The number of carbonyl (C=O) groups excluding carboxylic acids is 1. The van der Waals surface area contributed by atoms with Crippen molar-refractivity contribution in [3.05, 3.63) is 83.4 Å². The van der Waals surface area contributed by atoms with E-state index >= 15 is 0 Å². The Bertz CT molecular complexity index is 1410. The largest absolute Gasteiger partial charge is 0.455 e. The second-order valence-electron chi connectivity index (χ2n) is 9.34. The molecule has 1 fully saturated rings. The van der Waals surface area contributed by atoms with Gasteiger partial charge in [-0.25, -0.2) is 8.70 Å². The molecule has 0 radical (unpaired) electrons. The fraction of sp³-hybridized carbons (Fsp3) is 0.310. The summed E-state index contributed by atoms with van der Waals surface area (Å²) in [4.78, 5) is 17.2. The number of hydrogen-bond acceptors (Lipinski definition) is 7. The number of fused-ring (bicyclic) bond motifs is 1. The number of nitrogens with zero attached hydrogens (tertiary/aromatic N) is 3. The molecule has 1 amide bonds. The van der Waals surface area contributed by atoms with E-state index in [4.69, 9.17) is 4.42 Å². The van der Waals surface area contributed by atoms with Gasteiger partial charge in [0.15, 0.2) is 0 Å². The summed E-state index contributed by atoms with van der Waals surface area (Å²) in [6.07, 6.45) is 7.90. The Morgan fingerprint density at radius 1 is 1.21 bits per heavy atom. The van der Waals surface area contributed by atoms with E-state index < -0.39 is 0 Å². The second kappa shape index (κ2) is 11.8. The quantitative estimate of drug-likeness (QED) is 0.244. The van der Waals surface area contributed by atoms with Crippen molar-refractivity contribution in [1.82, 2.24) is 14.6 Å². The molecule has 1 atom stereocenters. The van der Waals surface area contributed by atoms with Crippen LogP contribution in [0.5, 0.6) is 0 Å². The molecule has 0 aliphatic carbocycles. The molecule has 9 heteroatoms. The molecule has 0 unspecified atom stereocenters. The number of carbonyl (C=O) groups is 1. The summed E-state index contributed by atoms with van der Waals surface area (Å²) >= 11 is 3.50. The lowest BCUT2D eigenvalue weighted by Gasteiger charge is -2.34. The van der Waals surface area contributed by atoms with E-state index in [1.54, 1.807) is 31.1 Å². The van der Waals surface area contributed by atoms with Crippen molar-refractivity contribution in [3.63, 3.8) is 0 Å². The lowest BCUT2D eigenvalue weighted by atomic mass is 9.89. The maximum atomic E-state index is 13.6. The van der Waals surface area contributed by atoms with Crippen LogP contribution in [0.25, 0.3) is 22.3 Å². The molecule has 1 saturated heterocycles. The van der Waals surface area contributed by atoms with E-state index in [0.717, 1.165) is 42.8 Å². The molecule has 4 aromatic rings. The summed E-state index contributed by atoms with van der Waals surface area (Å²) in [5.41, 5.74) is 5.34. The van der Waals surface area contributed by atoms with Gasteiger partial charge in [0.25, 0.3) is 5.91 Å². The number of nitrogens with one attached hydrogen (secondary N) is 1. The van der Waals surface area contributed by atoms with Gasteiger partial charge in [0.1, 0.15) is 17.2 Å². The highest BCUT2D eigenvalue weighted by atomic mass is 32.2. The molecule has 38 heavy (non-hydrogen) atoms. The number of anilines is 1. The van der Waals surface area contributed by atoms with Crippen molar-refractivity contribution < 1.29 is 13.6 Å². The van der Waals surface area contributed by atoms with Crippen molar-refractivity contribution in [2.75, 3.05) is 37.7 Å². The highest BCUT2D eigenvalue weighted by molar-refractivity contribution is 7.99. The minimum atomic E-state index is -0.332. The van der Waals surface area contributed by atoms with Gasteiger partial charge in [-0.1, -0.05) is 23.9 Å². The van der Waals surface area contributed by atoms with Crippen molar-refractivity contribution in [2.24, 2.45) is 0 Å². The molecule has 198 valence electrons. The SMILES string of the molecule is CNC(=O)c1c(-c2ccc(F)cc2)oc2cc(N(C)SC)c([C@@H]3CCCN(SCc4ccncc4)C3)cc12. The van der Waals surface area contributed by atoms with Crippen molar-refractivity contribution in [1.29, 1.82) is 0 Å². The Hall–Kier alpha value is -3.01. The molecular weight excluding hydrogens is 519 g/mol. The van der Waals surface area contributed by atoms with Gasteiger partial charge in [0.05, 0.1) is 11.3 Å². The smallest absolute Gasteiger partial charge is 0.255 e. The summed E-state index contributed by atoms with van der Waals surface area (Å²) in [5, 5.41) is 3.54. The number of aromatic nitrogens is 1. The van der Waals surface area contributed by atoms with E-state index in [1.807, 2.05) is 36.7 Å². The number of benzene rings is 2. The molecule has 2 aromatic carbocycles. The van der Waals surface area contributed by atoms with E-state index in [1.165, 1.54) is 23.3 Å². The summed E-state index contributed by atoms with van der Waals surface area (Å²) in [7, 11) is 3.67. The van der Waals surface area contributed by atoms with Crippen LogP contribution in [0.1, 0.15) is 40.2 Å². The van der Waals surface area contributed by atoms with Crippen LogP contribution in [0.15, 0.2) is 65.3 Å². The zero-order valence-corrected chi connectivity index (χ0v) is 23.4. The Morgan fingerprint density at radius 3 is 2.68 bits per heavy atom. The average molecular weight is 551 g/mol. The second-order valence-corrected chi connectivity index (χ2v) is 11.3. The van der Waals surface area contributed by atoms with Crippen LogP contribution in [-0.4, -0.2) is 48.6 Å². The van der Waals surface area contributed by atoms with Crippen LogP contribution in [0.4, 0.5) is 10.1 Å². The minimum Gasteiger partial charge on any atom is -0.455 e. The summed E-state index contributed by atoms with van der Waals surface area (Å²) in [6, 6.07) is 14.4. The van der Waals surface area contributed by atoms with E-state index in [9.17, 15) is 9.18 Å². The highest BCUT2D eigenvalue weighted by Crippen LogP contribution is 2.43. The van der Waals surface area contributed by atoms with Crippen LogP contribution in [0.2, 0.25) is 0 Å². The number of amides is 1. The Morgan fingerprint density at radius 2 is 1.97 bits per heavy atom. The standard InChI is InChI=1S/C29H31FN4O2S2/c1-31-29(35)27-24-15-23(21-5-4-14-34(17-21)38-18-19-10-12-32-13-11-19)25(33(2)37-3)16-26(24)36-28(27)20-6-8-22(30)9-7-20/h6-13,15-16,21H,4-5,14,17-18H2,1-3H3,(H,31,35)/t21-/m1/s1. The van der Waals surface area contributed by atoms with Crippen LogP contribution in [0.3, 0.4) is 0 Å². The lowest BCUT2D eigenvalue weighted by Crippen LogP contribution is -2.30. The molecule has 0 saturated carbocycles. The molecule has 0 spiro atoms. The summed E-state index contributed by atoms with van der Waals surface area (Å²) in [5.74, 6) is 1.12. The molecule has 1 aliphatic heterocycles. The van der Waals surface area contributed by atoms with Gasteiger partial charge in [-0.2, -0.15) is 0 Å². The Kier molecular flexibility index (Phi) is 8.26. The van der Waals surface area contributed by atoms with Gasteiger partial charge in [-0.15, -0.1) is 0 Å². The van der Waals surface area contributed by atoms with Crippen LogP contribution in [0, 0.1) is 5.82 Å². The summed E-state index contributed by atoms with van der Waals surface area (Å²) < 4.78 is 24.5. The predicted molar refractivity (Wildman–Crippen MR) is 156 cm³/mol. The topological polar surface area (TPSA) is 61.6 Å². The highest BCUT2D eigenvalue weighted by Gasteiger charge is 2.29. The van der Waals surface area contributed by atoms with Gasteiger partial charge in [-0.05, 0) is 72.4 Å². The molecule has 0 bridgehead atoms. The lowest BCUT2D eigenvalue weighted by molar-refractivity contribution is 0.0964. The van der Waals surface area contributed by atoms with E-state index in [-0.39, 0.29) is 11.7 Å². The van der Waals surface area contributed by atoms with Crippen LogP contribution < -0.4 is 9.62 Å². The van der Waals surface area contributed by atoms with Crippen LogP contribution >= 0.6 is 23.9 Å². The number of piperidine rings is 1. The fourth-order valence-electron chi connectivity index (χ4n) is 4.96. The van der Waals surface area contributed by atoms with E-state index in [2.05, 4.69) is 44.2 Å². The number of pyridine rings is 1. The normalized spacial score (nSPS) is 16.1. The number of furan rings is 1. The first-order valence-corrected chi connectivity index (χ1v) is 14.7. The number of rotatable bonds is 8. The first-order valence-electron chi connectivity index (χ1n) is 12.6. The molecule has 1 aliphatic rings. The van der Waals surface area contributed by atoms with Gasteiger partial charge in [-0.3, -0.25) is 9.78 Å². The molecule has 3 heterocycles. The zero-order valence-electron chi connectivity index (χ0n) is 21.7. The first-order chi connectivity index (χ1) is 18.5. The molecule has 1 N–H and O–H groups in total. The minimum absolute atomic E-state index is 0.224. The van der Waals surface area contributed by atoms with Crippen molar-refractivity contribution in [2.45, 2.75) is 24.5 Å². The Balaban J connectivity index is 1.54. The first kappa shape index (κ1) is 26.6. The van der Waals surface area contributed by atoms with Crippen LogP contribution in [-0.2, 0) is 5.75 Å². The molecular formula is C29H31FN4O2S2. The molecule has 2 aromatic heterocycles. The van der Waals surface area contributed by atoms with Crippen molar-refractivity contribution in [3.8, 4) is 11.3 Å². The third-order valence-electron chi connectivity index (χ3n) is 7.00. The maximum absolute atomic E-state index is 13.6. The molecule has 5 rings (SSSR count). The van der Waals surface area contributed by atoms with Gasteiger partial charge in [0.2, 0.25) is 0 Å².